The molecule has 0 N–H and O–H groups in total. The molecule has 0 unspecified atom stereocenters. The number of carbonyl (C=O) groups excluding carboxylic acids is 2. The number of furan rings is 1. The van der Waals surface area contributed by atoms with Crippen LogP contribution in [0.15, 0.2) is 27.5 Å². The van der Waals surface area contributed by atoms with Crippen molar-refractivity contribution in [2.45, 2.75) is 26.7 Å². The second-order valence-electron chi connectivity index (χ2n) is 6.26. The zero-order chi connectivity index (χ0) is 17.3. The van der Waals surface area contributed by atoms with Gasteiger partial charge in [0.1, 0.15) is 11.8 Å². The lowest BCUT2D eigenvalue weighted by Gasteiger charge is -2.34. The average molecular weight is 331 g/mol. The van der Waals surface area contributed by atoms with Crippen molar-refractivity contribution in [1.29, 1.82) is 0 Å². The van der Waals surface area contributed by atoms with Gasteiger partial charge >= 0.3 is 0 Å². The number of hydrogen-bond acceptors (Lipinski definition) is 5. The quantitative estimate of drug-likeness (QED) is 0.862. The highest BCUT2D eigenvalue weighted by Crippen LogP contribution is 2.24. The van der Waals surface area contributed by atoms with Gasteiger partial charge in [-0.3, -0.25) is 9.59 Å². The summed E-state index contributed by atoms with van der Waals surface area (Å²) in [5.41, 5.74) is 1.70. The van der Waals surface area contributed by atoms with Crippen LogP contribution in [-0.4, -0.2) is 52.9 Å². The Morgan fingerprint density at radius 3 is 2.29 bits per heavy atom. The Hall–Kier alpha value is -2.57. The highest BCUT2D eigenvalue weighted by molar-refractivity contribution is 5.97. The van der Waals surface area contributed by atoms with E-state index in [4.69, 9.17) is 8.94 Å². The highest BCUT2D eigenvalue weighted by Gasteiger charge is 2.30. The summed E-state index contributed by atoms with van der Waals surface area (Å²) in [7, 11) is 0. The Labute approximate surface area is 140 Å². The SMILES string of the molecule is Cc1noc(C(C)C)c1C(=O)N1CCN(C(=O)c2ccoc2)CC1. The topological polar surface area (TPSA) is 79.8 Å². The van der Waals surface area contributed by atoms with E-state index >= 15 is 0 Å². The minimum atomic E-state index is -0.0761. The van der Waals surface area contributed by atoms with Crippen LogP contribution in [0.5, 0.6) is 0 Å². The molecule has 2 amide bonds. The third-order valence-electron chi connectivity index (χ3n) is 4.25. The molecule has 1 aliphatic heterocycles. The van der Waals surface area contributed by atoms with E-state index in [1.807, 2.05) is 13.8 Å². The van der Waals surface area contributed by atoms with Gasteiger partial charge in [0.2, 0.25) is 0 Å². The van der Waals surface area contributed by atoms with Crippen molar-refractivity contribution in [2.75, 3.05) is 26.2 Å². The number of aryl methyl sites for hydroxylation is 1. The second-order valence-corrected chi connectivity index (χ2v) is 6.26. The van der Waals surface area contributed by atoms with Crippen molar-refractivity contribution >= 4 is 11.8 Å². The van der Waals surface area contributed by atoms with Crippen LogP contribution in [0.2, 0.25) is 0 Å². The van der Waals surface area contributed by atoms with Gasteiger partial charge in [0.15, 0.2) is 5.76 Å². The van der Waals surface area contributed by atoms with Crippen molar-refractivity contribution in [1.82, 2.24) is 15.0 Å². The third-order valence-corrected chi connectivity index (χ3v) is 4.25. The van der Waals surface area contributed by atoms with Crippen molar-refractivity contribution in [2.24, 2.45) is 0 Å². The second kappa shape index (κ2) is 6.51. The van der Waals surface area contributed by atoms with E-state index in [0.29, 0.717) is 48.8 Å². The zero-order valence-electron chi connectivity index (χ0n) is 14.1. The smallest absolute Gasteiger partial charge is 0.259 e. The molecule has 0 radical (unpaired) electrons. The Balaban J connectivity index is 1.68. The normalized spacial score (nSPS) is 15.2. The van der Waals surface area contributed by atoms with E-state index in [0.717, 1.165) is 0 Å². The molecule has 24 heavy (non-hydrogen) atoms. The molecule has 2 aromatic heterocycles. The highest BCUT2D eigenvalue weighted by atomic mass is 16.5. The molecule has 0 atom stereocenters. The third kappa shape index (κ3) is 2.93. The van der Waals surface area contributed by atoms with Gasteiger partial charge in [-0.15, -0.1) is 0 Å². The van der Waals surface area contributed by atoms with Gasteiger partial charge in [0.05, 0.1) is 17.5 Å². The molecule has 0 aromatic carbocycles. The molecule has 0 spiro atoms. The van der Waals surface area contributed by atoms with E-state index in [1.165, 1.54) is 12.5 Å². The summed E-state index contributed by atoms with van der Waals surface area (Å²) in [6, 6.07) is 1.65. The van der Waals surface area contributed by atoms with Crippen LogP contribution in [0.25, 0.3) is 0 Å². The first-order valence-corrected chi connectivity index (χ1v) is 8.06. The zero-order valence-corrected chi connectivity index (χ0v) is 14.1. The summed E-state index contributed by atoms with van der Waals surface area (Å²) in [5.74, 6) is 0.566. The van der Waals surface area contributed by atoms with Crippen LogP contribution in [0.1, 0.15) is 51.9 Å². The first kappa shape index (κ1) is 16.3. The first-order chi connectivity index (χ1) is 11.5. The fourth-order valence-electron chi connectivity index (χ4n) is 2.88. The van der Waals surface area contributed by atoms with Crippen molar-refractivity contribution in [3.05, 3.63) is 41.2 Å². The number of amides is 2. The minimum absolute atomic E-state index is 0.0696. The van der Waals surface area contributed by atoms with E-state index in [9.17, 15) is 9.59 Å². The number of aromatic nitrogens is 1. The molecule has 0 aliphatic carbocycles. The van der Waals surface area contributed by atoms with Crippen LogP contribution in [0.4, 0.5) is 0 Å². The van der Waals surface area contributed by atoms with Gasteiger partial charge in [-0.25, -0.2) is 0 Å². The molecule has 1 aliphatic rings. The summed E-state index contributed by atoms with van der Waals surface area (Å²) >= 11 is 0. The maximum absolute atomic E-state index is 12.8. The molecule has 3 heterocycles. The summed E-state index contributed by atoms with van der Waals surface area (Å²) in [4.78, 5) is 28.6. The maximum Gasteiger partial charge on any atom is 0.259 e. The van der Waals surface area contributed by atoms with Crippen LogP contribution in [0.3, 0.4) is 0 Å². The lowest BCUT2D eigenvalue weighted by atomic mass is 10.0. The van der Waals surface area contributed by atoms with E-state index in [-0.39, 0.29) is 17.7 Å². The molecule has 7 nitrogen and oxygen atoms in total. The standard InChI is InChI=1S/C17H21N3O4/c1-11(2)15-14(12(3)18-24-15)17(22)20-7-5-19(6-8-20)16(21)13-4-9-23-10-13/h4,9-11H,5-8H2,1-3H3. The van der Waals surface area contributed by atoms with Crippen molar-refractivity contribution in [3.63, 3.8) is 0 Å². The summed E-state index contributed by atoms with van der Waals surface area (Å²) in [5, 5.41) is 3.93. The predicted molar refractivity (Wildman–Crippen MR) is 85.8 cm³/mol. The number of carbonyl (C=O) groups is 2. The van der Waals surface area contributed by atoms with Crippen LogP contribution < -0.4 is 0 Å². The van der Waals surface area contributed by atoms with E-state index < -0.39 is 0 Å². The lowest BCUT2D eigenvalue weighted by molar-refractivity contribution is 0.0533. The summed E-state index contributed by atoms with van der Waals surface area (Å²) in [6.45, 7) is 7.70. The van der Waals surface area contributed by atoms with Crippen molar-refractivity contribution < 1.29 is 18.5 Å². The minimum Gasteiger partial charge on any atom is -0.472 e. The monoisotopic (exact) mass is 331 g/mol. The Morgan fingerprint density at radius 1 is 1.12 bits per heavy atom. The molecule has 7 heteroatoms. The molecule has 1 fully saturated rings. The molecule has 0 bridgehead atoms. The number of rotatable bonds is 3. The summed E-state index contributed by atoms with van der Waals surface area (Å²) in [6.07, 6.45) is 2.92. The van der Waals surface area contributed by atoms with Gasteiger partial charge in [-0.05, 0) is 13.0 Å². The Morgan fingerprint density at radius 2 is 1.75 bits per heavy atom. The summed E-state index contributed by atoms with van der Waals surface area (Å²) < 4.78 is 10.3. The molecule has 2 aromatic rings. The van der Waals surface area contributed by atoms with Gasteiger partial charge in [0, 0.05) is 32.1 Å². The number of piperazine rings is 1. The lowest BCUT2D eigenvalue weighted by Crippen LogP contribution is -2.50. The average Bonchev–Trinajstić information content (AvgIpc) is 3.23. The van der Waals surface area contributed by atoms with Crippen LogP contribution in [0, 0.1) is 6.92 Å². The molecule has 128 valence electrons. The molecular formula is C17H21N3O4. The fraction of sp³-hybridized carbons (Fsp3) is 0.471. The van der Waals surface area contributed by atoms with E-state index in [2.05, 4.69) is 5.16 Å². The van der Waals surface area contributed by atoms with Gasteiger partial charge in [-0.1, -0.05) is 19.0 Å². The largest absolute Gasteiger partial charge is 0.472 e. The number of hydrogen-bond donors (Lipinski definition) is 0. The Bertz CT molecular complexity index is 725. The van der Waals surface area contributed by atoms with Gasteiger partial charge < -0.3 is 18.7 Å². The van der Waals surface area contributed by atoms with Gasteiger partial charge in [0.25, 0.3) is 11.8 Å². The van der Waals surface area contributed by atoms with Crippen LogP contribution >= 0.6 is 0 Å². The Kier molecular flexibility index (Phi) is 4.42. The predicted octanol–water partition coefficient (Wildman–Crippen LogP) is 2.30. The fourth-order valence-corrected chi connectivity index (χ4v) is 2.88. The molecule has 3 rings (SSSR count). The molecule has 0 saturated carbocycles. The molecule has 1 saturated heterocycles. The van der Waals surface area contributed by atoms with Crippen LogP contribution in [-0.2, 0) is 0 Å². The number of nitrogens with zero attached hydrogens (tertiary/aromatic N) is 3. The van der Waals surface area contributed by atoms with Gasteiger partial charge in [-0.2, -0.15) is 0 Å². The maximum atomic E-state index is 12.8. The first-order valence-electron chi connectivity index (χ1n) is 8.06. The van der Waals surface area contributed by atoms with E-state index in [1.54, 1.807) is 22.8 Å². The van der Waals surface area contributed by atoms with Crippen molar-refractivity contribution in [3.8, 4) is 0 Å². The molecular weight excluding hydrogens is 310 g/mol.